The van der Waals surface area contributed by atoms with E-state index in [1.54, 1.807) is 0 Å². The quantitative estimate of drug-likeness (QED) is 0.444. The first-order valence-electron chi connectivity index (χ1n) is 6.62. The van der Waals surface area contributed by atoms with Crippen molar-refractivity contribution in [2.24, 2.45) is 11.3 Å². The summed E-state index contributed by atoms with van der Waals surface area (Å²) in [6.45, 7) is 6.42. The van der Waals surface area contributed by atoms with E-state index in [9.17, 15) is 0 Å². The molecule has 0 heterocycles. The van der Waals surface area contributed by atoms with E-state index in [1.807, 2.05) is 13.8 Å². The molecule has 2 aliphatic carbocycles. The molecule has 0 aliphatic heterocycles. The fraction of sp³-hybridized carbons (Fsp3) is 0.929. The maximum atomic E-state index is 2.49. The number of hydrogen-bond acceptors (Lipinski definition) is 0. The zero-order valence-electron chi connectivity index (χ0n) is 11.3. The topological polar surface area (TPSA) is 0 Å². The molecule has 0 aromatic rings. The molecule has 0 nitrogen and oxygen atoms in total. The molecule has 2 aliphatic rings. The second-order valence-corrected chi connectivity index (χ2v) is 5.05. The summed E-state index contributed by atoms with van der Waals surface area (Å²) in [6.07, 6.45) is 14.3. The van der Waals surface area contributed by atoms with Gasteiger partial charge in [0.1, 0.15) is 0 Å². The van der Waals surface area contributed by atoms with Crippen LogP contribution in [-0.4, -0.2) is 0 Å². The Morgan fingerprint density at radius 1 is 0.933 bits per heavy atom. The molecule has 2 saturated carbocycles. The molecule has 1 spiro atoms. The van der Waals surface area contributed by atoms with Gasteiger partial charge in [0, 0.05) is 0 Å². The van der Waals surface area contributed by atoms with Crippen LogP contribution in [0.1, 0.15) is 72.1 Å². The van der Waals surface area contributed by atoms with E-state index in [1.165, 1.54) is 51.4 Å². The van der Waals surface area contributed by atoms with E-state index in [0.29, 0.717) is 0 Å². The minimum atomic E-state index is 0. The van der Waals surface area contributed by atoms with E-state index in [4.69, 9.17) is 0 Å². The molecule has 0 saturated heterocycles. The van der Waals surface area contributed by atoms with Gasteiger partial charge in [-0.1, -0.05) is 46.5 Å². The molecule has 0 aromatic heterocycles. The van der Waals surface area contributed by atoms with Gasteiger partial charge < -0.3 is 6.42 Å². The fourth-order valence-corrected chi connectivity index (χ4v) is 2.96. The molecule has 0 radical (unpaired) electrons. The van der Waals surface area contributed by atoms with Crippen molar-refractivity contribution in [2.75, 3.05) is 0 Å². The molecule has 84 valence electrons. The van der Waals surface area contributed by atoms with Crippen LogP contribution in [-0.2, 0) is 0 Å². The Kier molecular flexibility index (Phi) is 9.63. The summed E-state index contributed by atoms with van der Waals surface area (Å²) in [4.78, 5) is 0. The van der Waals surface area contributed by atoms with Gasteiger partial charge in [0.15, 0.2) is 0 Å². The van der Waals surface area contributed by atoms with Crippen molar-refractivity contribution in [2.45, 2.75) is 72.1 Å². The van der Waals surface area contributed by atoms with E-state index >= 15 is 0 Å². The predicted octanol–water partition coefficient (Wildman–Crippen LogP) is 1.99. The Morgan fingerprint density at radius 2 is 1.40 bits per heavy atom. The SMILES string of the molecule is CC.CC1CCC2(CC[CH-]CC2)CC1.[K+]. The van der Waals surface area contributed by atoms with Crippen LogP contribution in [0, 0.1) is 17.8 Å². The maximum Gasteiger partial charge on any atom is 1.00 e. The van der Waals surface area contributed by atoms with Crippen molar-refractivity contribution < 1.29 is 51.4 Å². The number of rotatable bonds is 0. The third kappa shape index (κ3) is 5.20. The second kappa shape index (κ2) is 8.69. The minimum absolute atomic E-state index is 0. The molecule has 0 atom stereocenters. The molecule has 0 bridgehead atoms. The average molecular weight is 234 g/mol. The molecule has 0 aromatic carbocycles. The Bertz CT molecular complexity index is 137. The van der Waals surface area contributed by atoms with Crippen molar-refractivity contribution in [3.63, 3.8) is 0 Å². The van der Waals surface area contributed by atoms with Crippen molar-refractivity contribution in [1.82, 2.24) is 0 Å². The van der Waals surface area contributed by atoms with Gasteiger partial charge in [-0.15, -0.1) is 0 Å². The molecule has 0 amide bonds. The average Bonchev–Trinajstić information content (AvgIpc) is 2.27. The van der Waals surface area contributed by atoms with Gasteiger partial charge in [-0.05, 0) is 24.2 Å². The van der Waals surface area contributed by atoms with Crippen LogP contribution in [0.25, 0.3) is 0 Å². The molecular formula is C14H27K. The van der Waals surface area contributed by atoms with Crippen molar-refractivity contribution in [3.05, 3.63) is 6.42 Å². The summed E-state index contributed by atoms with van der Waals surface area (Å²) in [7, 11) is 0. The smallest absolute Gasteiger partial charge is 0.328 e. The second-order valence-electron chi connectivity index (χ2n) is 5.05. The molecule has 2 fully saturated rings. The van der Waals surface area contributed by atoms with E-state index in [2.05, 4.69) is 13.3 Å². The van der Waals surface area contributed by atoms with E-state index < -0.39 is 0 Å². The summed E-state index contributed by atoms with van der Waals surface area (Å²) in [5.74, 6) is 1.02. The Hall–Kier alpha value is 1.64. The van der Waals surface area contributed by atoms with Gasteiger partial charge in [-0.3, -0.25) is 0 Å². The van der Waals surface area contributed by atoms with Crippen molar-refractivity contribution in [1.29, 1.82) is 0 Å². The molecular weight excluding hydrogens is 207 g/mol. The standard InChI is InChI=1S/C12H21.C2H6.K/c1-11-5-9-12(10-6-11)7-3-2-4-8-12;1-2;/h2,11H,3-10H2,1H3;1-2H3;/q-1;;+1. The summed E-state index contributed by atoms with van der Waals surface area (Å²) in [5, 5.41) is 0. The van der Waals surface area contributed by atoms with E-state index in [0.717, 1.165) is 11.3 Å². The molecule has 0 unspecified atom stereocenters. The van der Waals surface area contributed by atoms with Crippen LogP contribution in [0.4, 0.5) is 0 Å². The van der Waals surface area contributed by atoms with Crippen molar-refractivity contribution in [3.8, 4) is 0 Å². The molecule has 2 rings (SSSR count). The number of hydrogen-bond donors (Lipinski definition) is 0. The maximum absolute atomic E-state index is 2.49. The van der Waals surface area contributed by atoms with Crippen LogP contribution in [0.15, 0.2) is 0 Å². The summed E-state index contributed by atoms with van der Waals surface area (Å²) in [5.41, 5.74) is 0.807. The van der Waals surface area contributed by atoms with Crippen LogP contribution in [0.2, 0.25) is 0 Å². The first kappa shape index (κ1) is 16.6. The van der Waals surface area contributed by atoms with Gasteiger partial charge in [0.05, 0.1) is 0 Å². The zero-order chi connectivity index (χ0) is 10.4. The Labute approximate surface area is 139 Å². The normalized spacial score (nSPS) is 25.0. The zero-order valence-corrected chi connectivity index (χ0v) is 14.4. The molecule has 15 heavy (non-hydrogen) atoms. The first-order valence-corrected chi connectivity index (χ1v) is 6.62. The van der Waals surface area contributed by atoms with E-state index in [-0.39, 0.29) is 51.4 Å². The van der Waals surface area contributed by atoms with Crippen LogP contribution in [0.3, 0.4) is 0 Å². The van der Waals surface area contributed by atoms with Gasteiger partial charge >= 0.3 is 51.4 Å². The minimum Gasteiger partial charge on any atom is -0.328 e. The van der Waals surface area contributed by atoms with Crippen molar-refractivity contribution >= 4 is 0 Å². The van der Waals surface area contributed by atoms with Gasteiger partial charge in [0.25, 0.3) is 0 Å². The monoisotopic (exact) mass is 234 g/mol. The van der Waals surface area contributed by atoms with Gasteiger partial charge in [-0.2, -0.15) is 12.8 Å². The van der Waals surface area contributed by atoms with Gasteiger partial charge in [0.2, 0.25) is 0 Å². The summed E-state index contributed by atoms with van der Waals surface area (Å²) < 4.78 is 0. The molecule has 0 N–H and O–H groups in total. The predicted molar refractivity (Wildman–Crippen MR) is 64.2 cm³/mol. The van der Waals surface area contributed by atoms with Crippen LogP contribution >= 0.6 is 0 Å². The van der Waals surface area contributed by atoms with Crippen LogP contribution < -0.4 is 51.4 Å². The fourth-order valence-electron chi connectivity index (χ4n) is 2.96. The summed E-state index contributed by atoms with van der Waals surface area (Å²) >= 11 is 0. The Morgan fingerprint density at radius 3 is 1.87 bits per heavy atom. The first-order chi connectivity index (χ1) is 6.81. The van der Waals surface area contributed by atoms with Gasteiger partial charge in [-0.25, -0.2) is 0 Å². The largest absolute Gasteiger partial charge is 1.00 e. The summed E-state index contributed by atoms with van der Waals surface area (Å²) in [6, 6.07) is 0. The molecule has 1 heteroatoms. The third-order valence-electron chi connectivity index (χ3n) is 4.09. The third-order valence-corrected chi connectivity index (χ3v) is 4.09. The van der Waals surface area contributed by atoms with Crippen LogP contribution in [0.5, 0.6) is 0 Å². The Balaban J connectivity index is 0.000000617.